The third kappa shape index (κ3) is 3.74. The van der Waals surface area contributed by atoms with Gasteiger partial charge in [0.2, 0.25) is 0 Å². The molecule has 0 aliphatic carbocycles. The van der Waals surface area contributed by atoms with Gasteiger partial charge in [-0.3, -0.25) is 9.90 Å². The van der Waals surface area contributed by atoms with Crippen LogP contribution in [0.2, 0.25) is 0 Å². The summed E-state index contributed by atoms with van der Waals surface area (Å²) in [5.74, 6) is 0. The molecule has 0 aromatic heterocycles. The molecular weight excluding hydrogens is 222 g/mol. The molecule has 0 amide bonds. The highest BCUT2D eigenvalue weighted by Gasteiger charge is 2.12. The Labute approximate surface area is 110 Å². The standard InChI is InChI=1S/C16H21NO/c1-14(2)7-6-8-15-11-12-17(18-13-15)16-9-4-3-5-10-16/h3-5,7,9-11H,6,8,12-13H2,1-2H3. The molecule has 2 nitrogen and oxygen atoms in total. The topological polar surface area (TPSA) is 12.5 Å². The lowest BCUT2D eigenvalue weighted by Gasteiger charge is -2.27. The smallest absolute Gasteiger partial charge is 0.0960 e. The summed E-state index contributed by atoms with van der Waals surface area (Å²) in [5, 5.41) is 1.95. The van der Waals surface area contributed by atoms with Crippen LogP contribution in [0.5, 0.6) is 0 Å². The molecule has 1 aliphatic heterocycles. The highest BCUT2D eigenvalue weighted by atomic mass is 16.7. The van der Waals surface area contributed by atoms with E-state index in [9.17, 15) is 0 Å². The number of hydrogen-bond acceptors (Lipinski definition) is 2. The maximum atomic E-state index is 5.78. The summed E-state index contributed by atoms with van der Waals surface area (Å²) in [4.78, 5) is 5.78. The fraction of sp³-hybridized carbons (Fsp3) is 0.375. The fourth-order valence-electron chi connectivity index (χ4n) is 1.98. The minimum Gasteiger partial charge on any atom is -0.269 e. The number of para-hydroxylation sites is 1. The van der Waals surface area contributed by atoms with Crippen LogP contribution in [-0.4, -0.2) is 13.2 Å². The van der Waals surface area contributed by atoms with Crippen molar-refractivity contribution in [2.45, 2.75) is 26.7 Å². The molecule has 96 valence electrons. The second-order valence-corrected chi connectivity index (χ2v) is 4.85. The van der Waals surface area contributed by atoms with Gasteiger partial charge in [0.05, 0.1) is 18.8 Å². The van der Waals surface area contributed by atoms with Crippen molar-refractivity contribution in [2.24, 2.45) is 0 Å². The molecule has 1 aliphatic rings. The van der Waals surface area contributed by atoms with Gasteiger partial charge >= 0.3 is 0 Å². The normalized spacial score (nSPS) is 15.2. The molecule has 0 radical (unpaired) electrons. The fourth-order valence-corrected chi connectivity index (χ4v) is 1.98. The van der Waals surface area contributed by atoms with Crippen molar-refractivity contribution in [3.05, 3.63) is 53.6 Å². The zero-order valence-corrected chi connectivity index (χ0v) is 11.2. The Morgan fingerprint density at radius 1 is 1.28 bits per heavy atom. The van der Waals surface area contributed by atoms with E-state index in [1.165, 1.54) is 11.1 Å². The number of rotatable bonds is 4. The Bertz CT molecular complexity index is 430. The second kappa shape index (κ2) is 6.41. The van der Waals surface area contributed by atoms with Gasteiger partial charge in [-0.1, -0.05) is 35.9 Å². The Hall–Kier alpha value is -1.54. The van der Waals surface area contributed by atoms with Crippen molar-refractivity contribution >= 4 is 5.69 Å². The van der Waals surface area contributed by atoms with Crippen molar-refractivity contribution in [1.82, 2.24) is 0 Å². The Morgan fingerprint density at radius 3 is 2.67 bits per heavy atom. The van der Waals surface area contributed by atoms with Crippen molar-refractivity contribution in [3.8, 4) is 0 Å². The Balaban J connectivity index is 1.86. The van der Waals surface area contributed by atoms with E-state index in [1.807, 2.05) is 23.3 Å². The van der Waals surface area contributed by atoms with Gasteiger partial charge in [0.15, 0.2) is 0 Å². The molecule has 0 atom stereocenters. The highest BCUT2D eigenvalue weighted by molar-refractivity contribution is 5.44. The first-order valence-electron chi connectivity index (χ1n) is 6.52. The van der Waals surface area contributed by atoms with E-state index in [0.717, 1.165) is 25.1 Å². The van der Waals surface area contributed by atoms with Crippen LogP contribution in [0, 0.1) is 0 Å². The molecule has 0 unspecified atom stereocenters. The van der Waals surface area contributed by atoms with Gasteiger partial charge in [0.25, 0.3) is 0 Å². The van der Waals surface area contributed by atoms with Crippen LogP contribution in [0.25, 0.3) is 0 Å². The Morgan fingerprint density at radius 2 is 2.06 bits per heavy atom. The summed E-state index contributed by atoms with van der Waals surface area (Å²) in [6.45, 7) is 5.84. The average Bonchev–Trinajstić information content (AvgIpc) is 2.40. The van der Waals surface area contributed by atoms with Gasteiger partial charge in [-0.05, 0) is 44.4 Å². The maximum absolute atomic E-state index is 5.78. The summed E-state index contributed by atoms with van der Waals surface area (Å²) >= 11 is 0. The molecule has 0 N–H and O–H groups in total. The van der Waals surface area contributed by atoms with Crippen molar-refractivity contribution in [2.75, 3.05) is 18.2 Å². The Kier molecular flexibility index (Phi) is 4.59. The van der Waals surface area contributed by atoms with E-state index in [-0.39, 0.29) is 0 Å². The minimum atomic E-state index is 0.714. The summed E-state index contributed by atoms with van der Waals surface area (Å²) in [5.41, 5.74) is 3.91. The monoisotopic (exact) mass is 243 g/mol. The zero-order valence-electron chi connectivity index (χ0n) is 11.2. The summed E-state index contributed by atoms with van der Waals surface area (Å²) in [6, 6.07) is 10.2. The van der Waals surface area contributed by atoms with E-state index < -0.39 is 0 Å². The first kappa shape index (κ1) is 12.9. The lowest BCUT2D eigenvalue weighted by Crippen LogP contribution is -2.28. The third-order valence-corrected chi connectivity index (χ3v) is 3.01. The van der Waals surface area contributed by atoms with Gasteiger partial charge in [-0.15, -0.1) is 0 Å². The van der Waals surface area contributed by atoms with E-state index in [2.05, 4.69) is 38.1 Å². The molecule has 1 aromatic rings. The van der Waals surface area contributed by atoms with Crippen LogP contribution in [0.15, 0.2) is 53.6 Å². The summed E-state index contributed by atoms with van der Waals surface area (Å²) in [6.07, 6.45) is 6.79. The number of benzene rings is 1. The quantitative estimate of drug-likeness (QED) is 0.738. The molecule has 18 heavy (non-hydrogen) atoms. The number of hydroxylamine groups is 1. The van der Waals surface area contributed by atoms with Crippen LogP contribution in [0.4, 0.5) is 5.69 Å². The molecule has 1 aromatic carbocycles. The summed E-state index contributed by atoms with van der Waals surface area (Å²) in [7, 11) is 0. The van der Waals surface area contributed by atoms with Gasteiger partial charge in [0.1, 0.15) is 0 Å². The number of hydrogen-bond donors (Lipinski definition) is 0. The average molecular weight is 243 g/mol. The predicted octanol–water partition coefficient (Wildman–Crippen LogP) is 4.11. The molecule has 0 bridgehead atoms. The number of allylic oxidation sites excluding steroid dienone is 2. The van der Waals surface area contributed by atoms with Gasteiger partial charge in [-0.2, -0.15) is 0 Å². The van der Waals surface area contributed by atoms with E-state index in [4.69, 9.17) is 4.84 Å². The van der Waals surface area contributed by atoms with Crippen LogP contribution in [0.1, 0.15) is 26.7 Å². The molecule has 2 rings (SSSR count). The molecule has 0 fully saturated rings. The predicted molar refractivity (Wildman–Crippen MR) is 76.5 cm³/mol. The lowest BCUT2D eigenvalue weighted by molar-refractivity contribution is 0.123. The molecular formula is C16H21NO. The van der Waals surface area contributed by atoms with E-state index in [0.29, 0.717) is 6.61 Å². The summed E-state index contributed by atoms with van der Waals surface area (Å²) < 4.78 is 0. The van der Waals surface area contributed by atoms with E-state index in [1.54, 1.807) is 0 Å². The van der Waals surface area contributed by atoms with Crippen LogP contribution in [-0.2, 0) is 4.84 Å². The van der Waals surface area contributed by atoms with Gasteiger partial charge < -0.3 is 0 Å². The SMILES string of the molecule is CC(C)=CCCC1=CCN(c2ccccc2)OC1. The van der Waals surface area contributed by atoms with Crippen LogP contribution >= 0.6 is 0 Å². The van der Waals surface area contributed by atoms with Gasteiger partial charge in [0, 0.05) is 0 Å². The highest BCUT2D eigenvalue weighted by Crippen LogP contribution is 2.19. The van der Waals surface area contributed by atoms with Crippen molar-refractivity contribution < 1.29 is 4.84 Å². The van der Waals surface area contributed by atoms with Crippen molar-refractivity contribution in [1.29, 1.82) is 0 Å². The molecule has 0 saturated heterocycles. The first-order chi connectivity index (χ1) is 8.75. The molecule has 0 saturated carbocycles. The largest absolute Gasteiger partial charge is 0.269 e. The first-order valence-corrected chi connectivity index (χ1v) is 6.52. The molecule has 0 spiro atoms. The van der Waals surface area contributed by atoms with Crippen LogP contribution < -0.4 is 5.06 Å². The maximum Gasteiger partial charge on any atom is 0.0960 e. The van der Waals surface area contributed by atoms with E-state index >= 15 is 0 Å². The number of nitrogens with zero attached hydrogens (tertiary/aromatic N) is 1. The van der Waals surface area contributed by atoms with Gasteiger partial charge in [-0.25, -0.2) is 0 Å². The molecule has 2 heteroatoms. The second-order valence-electron chi connectivity index (χ2n) is 4.85. The van der Waals surface area contributed by atoms with Crippen molar-refractivity contribution in [3.63, 3.8) is 0 Å². The third-order valence-electron chi connectivity index (χ3n) is 3.01. The molecule has 1 heterocycles. The van der Waals surface area contributed by atoms with Crippen LogP contribution in [0.3, 0.4) is 0 Å². The minimum absolute atomic E-state index is 0.714. The number of anilines is 1. The lowest BCUT2D eigenvalue weighted by atomic mass is 10.1. The zero-order chi connectivity index (χ0) is 12.8.